The summed E-state index contributed by atoms with van der Waals surface area (Å²) in [4.78, 5) is 10.7. The zero-order valence-electron chi connectivity index (χ0n) is 15.7. The van der Waals surface area contributed by atoms with Gasteiger partial charge in [0.1, 0.15) is 11.4 Å². The molecule has 3 heterocycles. The van der Waals surface area contributed by atoms with Crippen LogP contribution in [0, 0.1) is 0 Å². The van der Waals surface area contributed by atoms with Crippen LogP contribution >= 0.6 is 0 Å². The van der Waals surface area contributed by atoms with E-state index in [1.54, 1.807) is 13.3 Å². The predicted molar refractivity (Wildman–Crippen MR) is 103 cm³/mol. The molecule has 4 aromatic rings. The van der Waals surface area contributed by atoms with Crippen LogP contribution in [0.1, 0.15) is 11.5 Å². The summed E-state index contributed by atoms with van der Waals surface area (Å²) in [5.41, 5.74) is 2.72. The van der Waals surface area contributed by atoms with Gasteiger partial charge in [-0.1, -0.05) is 17.3 Å². The average molecular weight is 376 g/mol. The van der Waals surface area contributed by atoms with Crippen LogP contribution in [-0.2, 0) is 13.1 Å². The summed E-state index contributed by atoms with van der Waals surface area (Å²) in [6.07, 6.45) is 5.55. The van der Waals surface area contributed by atoms with E-state index in [1.807, 2.05) is 66.6 Å². The Morgan fingerprint density at radius 2 is 2.07 bits per heavy atom. The van der Waals surface area contributed by atoms with E-state index in [2.05, 4.69) is 25.1 Å². The maximum absolute atomic E-state index is 5.35. The molecule has 3 aromatic heterocycles. The monoisotopic (exact) mass is 376 g/mol. The second-order valence-corrected chi connectivity index (χ2v) is 6.39. The molecular weight excluding hydrogens is 356 g/mol. The van der Waals surface area contributed by atoms with Gasteiger partial charge < -0.3 is 9.26 Å². The largest absolute Gasteiger partial charge is 0.497 e. The lowest BCUT2D eigenvalue weighted by Crippen LogP contribution is -2.17. The van der Waals surface area contributed by atoms with E-state index in [0.29, 0.717) is 30.5 Å². The highest BCUT2D eigenvalue weighted by atomic mass is 16.5. The molecule has 0 aliphatic carbocycles. The van der Waals surface area contributed by atoms with Gasteiger partial charge in [0.15, 0.2) is 0 Å². The maximum Gasteiger partial charge on any atom is 0.241 e. The summed E-state index contributed by atoms with van der Waals surface area (Å²) < 4.78 is 12.5. The minimum Gasteiger partial charge on any atom is -0.497 e. The SMILES string of the molecule is COc1cccc(-n2cc(CN(C)Cc3nc(-c4ccccn4)no3)cn2)c1. The molecule has 0 aliphatic rings. The summed E-state index contributed by atoms with van der Waals surface area (Å²) >= 11 is 0. The molecule has 4 rings (SSSR count). The highest BCUT2D eigenvalue weighted by Crippen LogP contribution is 2.17. The Labute approximate surface area is 162 Å². The maximum atomic E-state index is 5.35. The minimum atomic E-state index is 0.495. The molecule has 8 heteroatoms. The number of ether oxygens (including phenoxy) is 1. The lowest BCUT2D eigenvalue weighted by molar-refractivity contribution is 0.261. The Morgan fingerprint density at radius 3 is 2.89 bits per heavy atom. The third kappa shape index (κ3) is 4.07. The van der Waals surface area contributed by atoms with Crippen molar-refractivity contribution in [1.29, 1.82) is 0 Å². The summed E-state index contributed by atoms with van der Waals surface area (Å²) in [6.45, 7) is 1.23. The summed E-state index contributed by atoms with van der Waals surface area (Å²) in [7, 11) is 3.65. The van der Waals surface area contributed by atoms with Crippen LogP contribution in [0.5, 0.6) is 5.75 Å². The molecule has 0 saturated heterocycles. The van der Waals surface area contributed by atoms with Gasteiger partial charge in [-0.05, 0) is 31.3 Å². The van der Waals surface area contributed by atoms with E-state index in [-0.39, 0.29) is 0 Å². The molecular formula is C20H20N6O2. The molecule has 0 saturated carbocycles. The fourth-order valence-corrected chi connectivity index (χ4v) is 2.85. The summed E-state index contributed by atoms with van der Waals surface area (Å²) in [5, 5.41) is 8.44. The van der Waals surface area contributed by atoms with E-state index in [1.165, 1.54) is 0 Å². The number of aromatic nitrogens is 5. The molecule has 0 radical (unpaired) electrons. The van der Waals surface area contributed by atoms with Gasteiger partial charge in [0.2, 0.25) is 11.7 Å². The van der Waals surface area contributed by atoms with Crippen LogP contribution in [0.15, 0.2) is 65.6 Å². The normalized spacial score (nSPS) is 11.1. The molecule has 0 aliphatic heterocycles. The molecule has 0 fully saturated rings. The molecule has 142 valence electrons. The first-order valence-electron chi connectivity index (χ1n) is 8.82. The van der Waals surface area contributed by atoms with Gasteiger partial charge in [-0.2, -0.15) is 10.1 Å². The quantitative estimate of drug-likeness (QED) is 0.490. The molecule has 8 nitrogen and oxygen atoms in total. The minimum absolute atomic E-state index is 0.495. The molecule has 0 bridgehead atoms. The van der Waals surface area contributed by atoms with Crippen molar-refractivity contribution in [3.05, 3.63) is 72.5 Å². The lowest BCUT2D eigenvalue weighted by Gasteiger charge is -2.12. The second kappa shape index (κ2) is 8.01. The molecule has 0 N–H and O–H groups in total. The Hall–Kier alpha value is -3.52. The van der Waals surface area contributed by atoms with Crippen molar-refractivity contribution >= 4 is 0 Å². The van der Waals surface area contributed by atoms with Crippen molar-refractivity contribution in [3.63, 3.8) is 0 Å². The molecule has 0 atom stereocenters. The number of pyridine rings is 1. The Balaban J connectivity index is 1.40. The van der Waals surface area contributed by atoms with E-state index in [9.17, 15) is 0 Å². The van der Waals surface area contributed by atoms with E-state index in [4.69, 9.17) is 9.26 Å². The zero-order valence-corrected chi connectivity index (χ0v) is 15.7. The van der Waals surface area contributed by atoms with Crippen molar-refractivity contribution in [2.75, 3.05) is 14.2 Å². The van der Waals surface area contributed by atoms with Crippen molar-refractivity contribution in [2.24, 2.45) is 0 Å². The fourth-order valence-electron chi connectivity index (χ4n) is 2.85. The van der Waals surface area contributed by atoms with E-state index >= 15 is 0 Å². The number of methoxy groups -OCH3 is 1. The number of hydrogen-bond donors (Lipinski definition) is 0. The zero-order chi connectivity index (χ0) is 19.3. The van der Waals surface area contributed by atoms with Gasteiger partial charge in [0, 0.05) is 30.6 Å². The van der Waals surface area contributed by atoms with Crippen molar-refractivity contribution in [2.45, 2.75) is 13.1 Å². The van der Waals surface area contributed by atoms with Crippen molar-refractivity contribution in [1.82, 2.24) is 29.8 Å². The molecule has 0 amide bonds. The number of rotatable bonds is 7. The van der Waals surface area contributed by atoms with Gasteiger partial charge in [0.25, 0.3) is 0 Å². The van der Waals surface area contributed by atoms with Gasteiger partial charge in [-0.15, -0.1) is 0 Å². The first-order valence-corrected chi connectivity index (χ1v) is 8.82. The first kappa shape index (κ1) is 17.9. The van der Waals surface area contributed by atoms with Crippen LogP contribution in [-0.4, -0.2) is 44.0 Å². The topological polar surface area (TPSA) is 82.1 Å². The lowest BCUT2D eigenvalue weighted by atomic mass is 10.3. The molecule has 1 aromatic carbocycles. The second-order valence-electron chi connectivity index (χ2n) is 6.39. The highest BCUT2D eigenvalue weighted by molar-refractivity contribution is 5.47. The highest BCUT2D eigenvalue weighted by Gasteiger charge is 2.12. The van der Waals surface area contributed by atoms with Crippen LogP contribution in [0.2, 0.25) is 0 Å². The van der Waals surface area contributed by atoms with Gasteiger partial charge in [-0.3, -0.25) is 9.88 Å². The average Bonchev–Trinajstić information content (AvgIpc) is 3.38. The summed E-state index contributed by atoms with van der Waals surface area (Å²) in [6, 6.07) is 13.4. The van der Waals surface area contributed by atoms with E-state index < -0.39 is 0 Å². The molecule has 0 unspecified atom stereocenters. The molecule has 0 spiro atoms. The Bertz CT molecular complexity index is 1040. The van der Waals surface area contributed by atoms with Crippen LogP contribution in [0.3, 0.4) is 0 Å². The predicted octanol–water partition coefficient (Wildman–Crippen LogP) is 2.96. The first-order chi connectivity index (χ1) is 13.7. The fraction of sp³-hybridized carbons (Fsp3) is 0.200. The standard InChI is InChI=1S/C20H20N6O2/c1-25(14-19-23-20(24-28-19)18-8-3-4-9-21-18)12-15-11-22-26(13-15)16-6-5-7-17(10-16)27-2/h3-11,13H,12,14H2,1-2H3. The van der Waals surface area contributed by atoms with Crippen LogP contribution in [0.4, 0.5) is 0 Å². The third-order valence-electron chi connectivity index (χ3n) is 4.17. The summed E-state index contributed by atoms with van der Waals surface area (Å²) in [5.74, 6) is 1.84. The number of hydrogen-bond acceptors (Lipinski definition) is 7. The van der Waals surface area contributed by atoms with Crippen LogP contribution < -0.4 is 4.74 Å². The Kier molecular flexibility index (Phi) is 5.11. The van der Waals surface area contributed by atoms with Gasteiger partial charge in [-0.25, -0.2) is 4.68 Å². The number of benzene rings is 1. The Morgan fingerprint density at radius 1 is 1.14 bits per heavy atom. The van der Waals surface area contributed by atoms with Crippen LogP contribution in [0.25, 0.3) is 17.2 Å². The number of nitrogens with zero attached hydrogens (tertiary/aromatic N) is 6. The van der Waals surface area contributed by atoms with Gasteiger partial charge in [0.05, 0.1) is 25.5 Å². The van der Waals surface area contributed by atoms with Crippen molar-refractivity contribution < 1.29 is 9.26 Å². The smallest absolute Gasteiger partial charge is 0.241 e. The molecule has 28 heavy (non-hydrogen) atoms. The van der Waals surface area contributed by atoms with E-state index in [0.717, 1.165) is 17.0 Å². The van der Waals surface area contributed by atoms with Gasteiger partial charge >= 0.3 is 0 Å². The van der Waals surface area contributed by atoms with Crippen molar-refractivity contribution in [3.8, 4) is 23.0 Å². The third-order valence-corrected chi connectivity index (χ3v) is 4.17.